The molecule has 3 aromatic rings. The Kier molecular flexibility index (Phi) is 6.03. The van der Waals surface area contributed by atoms with Crippen LogP contribution in [0.5, 0.6) is 17.2 Å². The van der Waals surface area contributed by atoms with E-state index in [9.17, 15) is 0 Å². The third-order valence-corrected chi connectivity index (χ3v) is 5.37. The highest BCUT2D eigenvalue weighted by molar-refractivity contribution is 5.58. The van der Waals surface area contributed by atoms with Crippen molar-refractivity contribution in [3.8, 4) is 17.2 Å². The molecule has 160 valence electrons. The highest BCUT2D eigenvalue weighted by Gasteiger charge is 2.18. The van der Waals surface area contributed by atoms with Gasteiger partial charge in [0.15, 0.2) is 0 Å². The SMILES string of the molecule is CCOc1cccc(C=C2Cc3ccc(OCc4ccc(C(C)(C)C)cc4)cc3O2)c1. The molecule has 0 saturated heterocycles. The van der Waals surface area contributed by atoms with Crippen LogP contribution in [0.25, 0.3) is 6.08 Å². The van der Waals surface area contributed by atoms with Gasteiger partial charge in [-0.15, -0.1) is 0 Å². The summed E-state index contributed by atoms with van der Waals surface area (Å²) in [7, 11) is 0. The van der Waals surface area contributed by atoms with Crippen molar-refractivity contribution in [2.45, 2.75) is 46.1 Å². The lowest BCUT2D eigenvalue weighted by atomic mass is 9.87. The van der Waals surface area contributed by atoms with Gasteiger partial charge in [-0.1, -0.05) is 63.2 Å². The van der Waals surface area contributed by atoms with E-state index in [1.807, 2.05) is 37.3 Å². The highest BCUT2D eigenvalue weighted by Crippen LogP contribution is 2.35. The van der Waals surface area contributed by atoms with E-state index in [4.69, 9.17) is 14.2 Å². The van der Waals surface area contributed by atoms with E-state index in [2.05, 4.69) is 63.2 Å². The lowest BCUT2D eigenvalue weighted by Gasteiger charge is -2.19. The van der Waals surface area contributed by atoms with Gasteiger partial charge in [-0.25, -0.2) is 0 Å². The lowest BCUT2D eigenvalue weighted by molar-refractivity contribution is 0.304. The van der Waals surface area contributed by atoms with E-state index in [-0.39, 0.29) is 5.41 Å². The molecule has 3 nitrogen and oxygen atoms in total. The second-order valence-electron chi connectivity index (χ2n) is 8.90. The third-order valence-electron chi connectivity index (χ3n) is 5.37. The predicted octanol–water partition coefficient (Wildman–Crippen LogP) is 6.94. The zero-order chi connectivity index (χ0) is 21.8. The van der Waals surface area contributed by atoms with Gasteiger partial charge in [-0.05, 0) is 53.3 Å². The Morgan fingerprint density at radius 2 is 1.68 bits per heavy atom. The van der Waals surface area contributed by atoms with Gasteiger partial charge in [-0.2, -0.15) is 0 Å². The van der Waals surface area contributed by atoms with E-state index in [0.717, 1.165) is 40.6 Å². The summed E-state index contributed by atoms with van der Waals surface area (Å²) < 4.78 is 17.7. The van der Waals surface area contributed by atoms with Gasteiger partial charge in [0.05, 0.1) is 6.61 Å². The van der Waals surface area contributed by atoms with Gasteiger partial charge >= 0.3 is 0 Å². The smallest absolute Gasteiger partial charge is 0.134 e. The second-order valence-corrected chi connectivity index (χ2v) is 8.90. The Morgan fingerprint density at radius 3 is 2.42 bits per heavy atom. The molecule has 0 atom stereocenters. The van der Waals surface area contributed by atoms with Gasteiger partial charge < -0.3 is 14.2 Å². The maximum atomic E-state index is 6.10. The fraction of sp³-hybridized carbons (Fsp3) is 0.286. The van der Waals surface area contributed by atoms with Crippen LogP contribution in [0.2, 0.25) is 0 Å². The van der Waals surface area contributed by atoms with Gasteiger partial charge in [-0.3, -0.25) is 0 Å². The zero-order valence-electron chi connectivity index (χ0n) is 18.8. The monoisotopic (exact) mass is 414 g/mol. The van der Waals surface area contributed by atoms with E-state index in [1.165, 1.54) is 11.1 Å². The first-order chi connectivity index (χ1) is 14.9. The van der Waals surface area contributed by atoms with Gasteiger partial charge in [0.2, 0.25) is 0 Å². The summed E-state index contributed by atoms with van der Waals surface area (Å²) in [6.45, 7) is 9.86. The molecule has 1 aliphatic rings. The topological polar surface area (TPSA) is 27.7 Å². The summed E-state index contributed by atoms with van der Waals surface area (Å²) in [5.74, 6) is 3.49. The van der Waals surface area contributed by atoms with Gasteiger partial charge in [0.1, 0.15) is 29.6 Å². The molecule has 3 heteroatoms. The van der Waals surface area contributed by atoms with Crippen LogP contribution in [0.4, 0.5) is 0 Å². The fourth-order valence-electron chi connectivity index (χ4n) is 3.63. The molecule has 0 unspecified atom stereocenters. The maximum Gasteiger partial charge on any atom is 0.134 e. The molecule has 4 rings (SSSR count). The van der Waals surface area contributed by atoms with Gasteiger partial charge in [0, 0.05) is 18.1 Å². The maximum absolute atomic E-state index is 6.10. The molecule has 0 N–H and O–H groups in total. The highest BCUT2D eigenvalue weighted by atomic mass is 16.5. The number of rotatable bonds is 6. The zero-order valence-corrected chi connectivity index (χ0v) is 18.8. The third kappa shape index (κ3) is 5.29. The minimum atomic E-state index is 0.159. The van der Waals surface area contributed by atoms with Crippen LogP contribution in [0.1, 0.15) is 49.9 Å². The molecule has 0 fully saturated rings. The second kappa shape index (κ2) is 8.89. The van der Waals surface area contributed by atoms with E-state index < -0.39 is 0 Å². The summed E-state index contributed by atoms with van der Waals surface area (Å²) in [5, 5.41) is 0. The van der Waals surface area contributed by atoms with Crippen molar-refractivity contribution in [3.63, 3.8) is 0 Å². The Balaban J connectivity index is 1.40. The number of hydrogen-bond acceptors (Lipinski definition) is 3. The van der Waals surface area contributed by atoms with Crippen LogP contribution in [0, 0.1) is 0 Å². The van der Waals surface area contributed by atoms with Crippen molar-refractivity contribution in [1.29, 1.82) is 0 Å². The summed E-state index contributed by atoms with van der Waals surface area (Å²) in [4.78, 5) is 0. The molecule has 0 aliphatic carbocycles. The summed E-state index contributed by atoms with van der Waals surface area (Å²) in [5.41, 5.74) is 4.89. The van der Waals surface area contributed by atoms with Crippen molar-refractivity contribution < 1.29 is 14.2 Å². The predicted molar refractivity (Wildman–Crippen MR) is 126 cm³/mol. The van der Waals surface area contributed by atoms with E-state index >= 15 is 0 Å². The van der Waals surface area contributed by atoms with Crippen LogP contribution in [-0.4, -0.2) is 6.61 Å². The van der Waals surface area contributed by atoms with Crippen LogP contribution in [0.3, 0.4) is 0 Å². The molecular formula is C28H30O3. The molecule has 0 amide bonds. The average Bonchev–Trinajstić information content (AvgIpc) is 3.14. The van der Waals surface area contributed by atoms with Crippen LogP contribution in [0.15, 0.2) is 72.5 Å². The summed E-state index contributed by atoms with van der Waals surface area (Å²) in [6.07, 6.45) is 2.85. The number of allylic oxidation sites excluding steroid dienone is 1. The van der Waals surface area contributed by atoms with Crippen molar-refractivity contribution >= 4 is 6.08 Å². The number of fused-ring (bicyclic) bond motifs is 1. The lowest BCUT2D eigenvalue weighted by Crippen LogP contribution is -2.10. The van der Waals surface area contributed by atoms with Crippen LogP contribution >= 0.6 is 0 Å². The Morgan fingerprint density at radius 1 is 0.903 bits per heavy atom. The first-order valence-electron chi connectivity index (χ1n) is 10.9. The molecule has 1 heterocycles. The molecular weight excluding hydrogens is 384 g/mol. The Hall–Kier alpha value is -3.20. The van der Waals surface area contributed by atoms with Crippen molar-refractivity contribution in [3.05, 3.63) is 94.7 Å². The molecule has 1 aliphatic heterocycles. The molecule has 3 aromatic carbocycles. The molecule has 0 radical (unpaired) electrons. The molecule has 0 spiro atoms. The summed E-state index contributed by atoms with van der Waals surface area (Å²) >= 11 is 0. The first kappa shape index (κ1) is 21.0. The normalized spacial score (nSPS) is 14.3. The summed E-state index contributed by atoms with van der Waals surface area (Å²) in [6, 6.07) is 22.8. The molecule has 0 bridgehead atoms. The van der Waals surface area contributed by atoms with E-state index in [1.54, 1.807) is 0 Å². The average molecular weight is 415 g/mol. The van der Waals surface area contributed by atoms with Crippen LogP contribution < -0.4 is 14.2 Å². The quantitative estimate of drug-likeness (QED) is 0.437. The van der Waals surface area contributed by atoms with Gasteiger partial charge in [0.25, 0.3) is 0 Å². The van der Waals surface area contributed by atoms with Crippen molar-refractivity contribution in [2.24, 2.45) is 0 Å². The fourth-order valence-corrected chi connectivity index (χ4v) is 3.63. The van der Waals surface area contributed by atoms with E-state index in [0.29, 0.717) is 13.2 Å². The number of benzene rings is 3. The molecule has 0 saturated carbocycles. The first-order valence-corrected chi connectivity index (χ1v) is 10.9. The number of ether oxygens (including phenoxy) is 3. The number of hydrogen-bond donors (Lipinski definition) is 0. The minimum absolute atomic E-state index is 0.159. The van der Waals surface area contributed by atoms with Crippen molar-refractivity contribution in [2.75, 3.05) is 6.61 Å². The van der Waals surface area contributed by atoms with Crippen LogP contribution in [-0.2, 0) is 18.4 Å². The standard InChI is InChI=1S/C28H30O3/c1-5-29-24-8-6-7-21(15-24)16-26-17-22-11-14-25(18-27(22)31-26)30-19-20-9-12-23(13-10-20)28(2,3)4/h6-16,18H,5,17,19H2,1-4H3. The Labute approximate surface area is 185 Å². The Bertz CT molecular complexity index is 1070. The molecule has 0 aromatic heterocycles. The largest absolute Gasteiger partial charge is 0.494 e. The minimum Gasteiger partial charge on any atom is -0.494 e. The molecule has 31 heavy (non-hydrogen) atoms. The van der Waals surface area contributed by atoms with Crippen molar-refractivity contribution in [1.82, 2.24) is 0 Å².